The normalized spacial score (nSPS) is 19.1. The monoisotopic (exact) mass is 310 g/mol. The van der Waals surface area contributed by atoms with Crippen molar-refractivity contribution in [1.82, 2.24) is 15.1 Å². The van der Waals surface area contributed by atoms with E-state index in [-0.39, 0.29) is 29.7 Å². The Bertz CT molecular complexity index is 535. The van der Waals surface area contributed by atoms with E-state index in [1.807, 2.05) is 20.8 Å². The second kappa shape index (κ2) is 6.09. The number of rotatable bonds is 4. The quantitative estimate of drug-likeness (QED) is 0.924. The number of nitrogens with zero attached hydrogens (tertiary/aromatic N) is 3. The molecule has 1 aliphatic heterocycles. The number of carbonyl (C=O) groups is 2. The van der Waals surface area contributed by atoms with Gasteiger partial charge in [0.2, 0.25) is 16.9 Å². The van der Waals surface area contributed by atoms with Gasteiger partial charge >= 0.3 is 0 Å². The van der Waals surface area contributed by atoms with E-state index in [9.17, 15) is 9.59 Å². The summed E-state index contributed by atoms with van der Waals surface area (Å²) >= 11 is 1.40. The molecule has 0 aromatic carbocycles. The molecule has 0 aliphatic carbocycles. The zero-order valence-electron chi connectivity index (χ0n) is 13.0. The Kier molecular flexibility index (Phi) is 4.61. The van der Waals surface area contributed by atoms with Crippen LogP contribution in [0.2, 0.25) is 0 Å². The zero-order valence-corrected chi connectivity index (χ0v) is 13.8. The third-order valence-electron chi connectivity index (χ3n) is 3.47. The molecular formula is C14H22N4O2S. The lowest BCUT2D eigenvalue weighted by Gasteiger charge is -2.31. The molecule has 0 spiro atoms. The highest BCUT2D eigenvalue weighted by molar-refractivity contribution is 7.15. The summed E-state index contributed by atoms with van der Waals surface area (Å²) in [5.74, 6) is -0.420. The van der Waals surface area contributed by atoms with Gasteiger partial charge in [-0.25, -0.2) is 0 Å². The Balaban J connectivity index is 1.96. The van der Waals surface area contributed by atoms with E-state index in [1.165, 1.54) is 11.3 Å². The molecule has 0 radical (unpaired) electrons. The minimum Gasteiger partial charge on any atom is -0.337 e. The fraction of sp³-hybridized carbons (Fsp3) is 0.714. The number of aromatic nitrogens is 2. The maximum absolute atomic E-state index is 12.2. The molecule has 2 rings (SSSR count). The fourth-order valence-electron chi connectivity index (χ4n) is 2.36. The van der Waals surface area contributed by atoms with Crippen molar-refractivity contribution < 1.29 is 9.59 Å². The summed E-state index contributed by atoms with van der Waals surface area (Å²) in [5, 5.41) is 12.2. The van der Waals surface area contributed by atoms with Gasteiger partial charge in [0.15, 0.2) is 0 Å². The van der Waals surface area contributed by atoms with Crippen LogP contribution < -0.4 is 5.32 Å². The van der Waals surface area contributed by atoms with Crippen LogP contribution in [0, 0.1) is 5.92 Å². The average molecular weight is 310 g/mol. The summed E-state index contributed by atoms with van der Waals surface area (Å²) in [7, 11) is 0. The van der Waals surface area contributed by atoms with Crippen LogP contribution >= 0.6 is 11.3 Å². The number of likely N-dealkylation sites (tertiary alicyclic amines) is 1. The highest BCUT2D eigenvalue weighted by Gasteiger charge is 2.39. The second-order valence-corrected chi connectivity index (χ2v) is 7.38. The Morgan fingerprint density at radius 1 is 1.43 bits per heavy atom. The standard InChI is InChI=1S/C14H22N4O2S/c1-5-6-10-16-17-13(21-10)15-12(20)9-7-11(19)18(8-9)14(2,3)4/h9H,5-8H2,1-4H3,(H,15,17,20)/t9-/m1/s1. The first-order valence-corrected chi connectivity index (χ1v) is 8.06. The van der Waals surface area contributed by atoms with E-state index in [4.69, 9.17) is 0 Å². The van der Waals surface area contributed by atoms with Crippen molar-refractivity contribution in [3.8, 4) is 0 Å². The molecule has 1 aromatic rings. The van der Waals surface area contributed by atoms with Crippen molar-refractivity contribution in [1.29, 1.82) is 0 Å². The maximum Gasteiger partial charge on any atom is 0.231 e. The van der Waals surface area contributed by atoms with E-state index in [1.54, 1.807) is 4.90 Å². The number of carbonyl (C=O) groups excluding carboxylic acids is 2. The van der Waals surface area contributed by atoms with E-state index in [2.05, 4.69) is 22.4 Å². The van der Waals surface area contributed by atoms with E-state index in [0.29, 0.717) is 11.7 Å². The second-order valence-electron chi connectivity index (χ2n) is 6.32. The van der Waals surface area contributed by atoms with E-state index < -0.39 is 0 Å². The molecule has 2 amide bonds. The Morgan fingerprint density at radius 3 is 2.71 bits per heavy atom. The molecule has 0 bridgehead atoms. The first-order valence-electron chi connectivity index (χ1n) is 7.25. The van der Waals surface area contributed by atoms with Gasteiger partial charge < -0.3 is 10.2 Å². The molecule has 1 N–H and O–H groups in total. The van der Waals surface area contributed by atoms with Crippen molar-refractivity contribution in [2.24, 2.45) is 5.92 Å². The molecular weight excluding hydrogens is 288 g/mol. The topological polar surface area (TPSA) is 75.2 Å². The van der Waals surface area contributed by atoms with Gasteiger partial charge in [0.1, 0.15) is 5.01 Å². The number of aryl methyl sites for hydroxylation is 1. The minimum atomic E-state index is -0.310. The van der Waals surface area contributed by atoms with Crippen molar-refractivity contribution in [3.05, 3.63) is 5.01 Å². The molecule has 1 aliphatic rings. The lowest BCUT2D eigenvalue weighted by Crippen LogP contribution is -2.42. The maximum atomic E-state index is 12.2. The molecule has 1 fully saturated rings. The predicted octanol–water partition coefficient (Wildman–Crippen LogP) is 2.08. The number of nitrogens with one attached hydrogen (secondary N) is 1. The minimum absolute atomic E-state index is 0.0339. The summed E-state index contributed by atoms with van der Waals surface area (Å²) in [6.07, 6.45) is 2.14. The largest absolute Gasteiger partial charge is 0.337 e. The van der Waals surface area contributed by atoms with Gasteiger partial charge in [0, 0.05) is 24.9 Å². The highest BCUT2D eigenvalue weighted by Crippen LogP contribution is 2.27. The van der Waals surface area contributed by atoms with Gasteiger partial charge in [0.25, 0.3) is 0 Å². The van der Waals surface area contributed by atoms with Crippen molar-refractivity contribution in [3.63, 3.8) is 0 Å². The van der Waals surface area contributed by atoms with E-state index in [0.717, 1.165) is 17.8 Å². The Labute approximate surface area is 128 Å². The van der Waals surface area contributed by atoms with Crippen LogP contribution in [0.4, 0.5) is 5.13 Å². The summed E-state index contributed by atoms with van der Waals surface area (Å²) < 4.78 is 0. The van der Waals surface area contributed by atoms with Gasteiger partial charge in [-0.05, 0) is 27.2 Å². The third kappa shape index (κ3) is 3.78. The molecule has 2 heterocycles. The Hall–Kier alpha value is -1.50. The van der Waals surface area contributed by atoms with Gasteiger partial charge in [-0.3, -0.25) is 9.59 Å². The molecule has 0 saturated carbocycles. The van der Waals surface area contributed by atoms with Crippen LogP contribution in [0.1, 0.15) is 45.5 Å². The lowest BCUT2D eigenvalue weighted by atomic mass is 10.1. The summed E-state index contributed by atoms with van der Waals surface area (Å²) in [5.41, 5.74) is -0.247. The molecule has 7 heteroatoms. The number of amides is 2. The molecule has 21 heavy (non-hydrogen) atoms. The van der Waals surface area contributed by atoms with Gasteiger partial charge in [-0.1, -0.05) is 18.3 Å². The fourth-order valence-corrected chi connectivity index (χ4v) is 3.20. The molecule has 0 unspecified atom stereocenters. The highest BCUT2D eigenvalue weighted by atomic mass is 32.1. The SMILES string of the molecule is CCCc1nnc(NC(=O)[C@@H]2CC(=O)N(C(C)(C)C)C2)s1. The molecule has 1 saturated heterocycles. The summed E-state index contributed by atoms with van der Waals surface area (Å²) in [6, 6.07) is 0. The lowest BCUT2D eigenvalue weighted by molar-refractivity contribution is -0.131. The molecule has 6 nitrogen and oxygen atoms in total. The zero-order chi connectivity index (χ0) is 15.6. The van der Waals surface area contributed by atoms with Crippen molar-refractivity contribution in [2.75, 3.05) is 11.9 Å². The van der Waals surface area contributed by atoms with Crippen LogP contribution in [-0.2, 0) is 16.0 Å². The van der Waals surface area contributed by atoms with Crippen molar-refractivity contribution >= 4 is 28.3 Å². The summed E-state index contributed by atoms with van der Waals surface area (Å²) in [4.78, 5) is 26.0. The number of hydrogen-bond acceptors (Lipinski definition) is 5. The summed E-state index contributed by atoms with van der Waals surface area (Å²) in [6.45, 7) is 8.48. The Morgan fingerprint density at radius 2 is 2.14 bits per heavy atom. The predicted molar refractivity (Wildman–Crippen MR) is 82.1 cm³/mol. The van der Waals surface area contributed by atoms with Gasteiger partial charge in [-0.15, -0.1) is 10.2 Å². The molecule has 116 valence electrons. The first-order chi connectivity index (χ1) is 9.81. The van der Waals surface area contributed by atoms with Crippen LogP contribution in [0.15, 0.2) is 0 Å². The van der Waals surface area contributed by atoms with Crippen molar-refractivity contribution in [2.45, 2.75) is 52.5 Å². The number of hydrogen-bond donors (Lipinski definition) is 1. The molecule has 1 atom stereocenters. The van der Waals surface area contributed by atoms with Crippen LogP contribution in [-0.4, -0.2) is 39.0 Å². The smallest absolute Gasteiger partial charge is 0.231 e. The van der Waals surface area contributed by atoms with Crippen LogP contribution in [0.25, 0.3) is 0 Å². The first kappa shape index (κ1) is 15.9. The molecule has 1 aromatic heterocycles. The van der Waals surface area contributed by atoms with E-state index >= 15 is 0 Å². The van der Waals surface area contributed by atoms with Gasteiger partial charge in [0.05, 0.1) is 5.92 Å². The van der Waals surface area contributed by atoms with Gasteiger partial charge in [-0.2, -0.15) is 0 Å². The van der Waals surface area contributed by atoms with Crippen LogP contribution in [0.3, 0.4) is 0 Å². The van der Waals surface area contributed by atoms with Crippen LogP contribution in [0.5, 0.6) is 0 Å². The third-order valence-corrected chi connectivity index (χ3v) is 4.36. The average Bonchev–Trinajstić information content (AvgIpc) is 2.96. The number of anilines is 1.